The van der Waals surface area contributed by atoms with Crippen molar-refractivity contribution >= 4 is 11.7 Å². The number of nitrogens with zero attached hydrogens (tertiary/aromatic N) is 3. The largest absolute Gasteiger partial charge is 0.354 e. The van der Waals surface area contributed by atoms with E-state index in [1.165, 1.54) is 5.56 Å². The van der Waals surface area contributed by atoms with Crippen LogP contribution in [0, 0.1) is 6.92 Å². The van der Waals surface area contributed by atoms with Crippen molar-refractivity contribution in [2.45, 2.75) is 19.9 Å². The molecule has 25 heavy (non-hydrogen) atoms. The Morgan fingerprint density at radius 2 is 1.84 bits per heavy atom. The average Bonchev–Trinajstić information content (AvgIpc) is 2.67. The van der Waals surface area contributed by atoms with Gasteiger partial charge in [0.05, 0.1) is 0 Å². The quantitative estimate of drug-likeness (QED) is 0.877. The lowest BCUT2D eigenvalue weighted by molar-refractivity contribution is -0.121. The van der Waals surface area contributed by atoms with E-state index < -0.39 is 0 Å². The summed E-state index contributed by atoms with van der Waals surface area (Å²) < 4.78 is 0. The topological polar surface area (TPSA) is 48.5 Å². The SMILES string of the molecule is Cc1ccc(CNC(=O)CCN2CCN(c3ccccn3)CC2)cc1. The van der Waals surface area contributed by atoms with Crippen LogP contribution >= 0.6 is 0 Å². The number of hydrogen-bond acceptors (Lipinski definition) is 4. The molecule has 0 radical (unpaired) electrons. The van der Waals surface area contributed by atoms with Crippen LogP contribution in [0.15, 0.2) is 48.7 Å². The first-order valence-electron chi connectivity index (χ1n) is 8.91. The van der Waals surface area contributed by atoms with Gasteiger partial charge < -0.3 is 10.2 Å². The lowest BCUT2D eigenvalue weighted by Gasteiger charge is -2.35. The molecule has 1 N–H and O–H groups in total. The van der Waals surface area contributed by atoms with Gasteiger partial charge in [-0.1, -0.05) is 35.9 Å². The van der Waals surface area contributed by atoms with Crippen LogP contribution in [0.5, 0.6) is 0 Å². The summed E-state index contributed by atoms with van der Waals surface area (Å²) in [6.45, 7) is 7.35. The average molecular weight is 338 g/mol. The van der Waals surface area contributed by atoms with Crippen molar-refractivity contribution in [3.05, 3.63) is 59.8 Å². The molecule has 1 fully saturated rings. The van der Waals surface area contributed by atoms with Gasteiger partial charge in [-0.05, 0) is 24.6 Å². The molecule has 3 rings (SSSR count). The second-order valence-electron chi connectivity index (χ2n) is 6.53. The van der Waals surface area contributed by atoms with Crippen LogP contribution in [0.3, 0.4) is 0 Å². The van der Waals surface area contributed by atoms with E-state index in [2.05, 4.69) is 51.3 Å². The number of anilines is 1. The van der Waals surface area contributed by atoms with Crippen LogP contribution in [-0.4, -0.2) is 48.5 Å². The van der Waals surface area contributed by atoms with E-state index in [4.69, 9.17) is 0 Å². The Labute approximate surface area is 149 Å². The van der Waals surface area contributed by atoms with E-state index in [0.717, 1.165) is 44.1 Å². The molecule has 1 aromatic heterocycles. The van der Waals surface area contributed by atoms with Crippen LogP contribution in [0.25, 0.3) is 0 Å². The summed E-state index contributed by atoms with van der Waals surface area (Å²) in [6.07, 6.45) is 2.38. The van der Waals surface area contributed by atoms with Crippen LogP contribution in [0.2, 0.25) is 0 Å². The van der Waals surface area contributed by atoms with Crippen molar-refractivity contribution in [2.24, 2.45) is 0 Å². The number of carbonyl (C=O) groups is 1. The first-order valence-corrected chi connectivity index (χ1v) is 8.91. The molecule has 1 saturated heterocycles. The maximum absolute atomic E-state index is 12.1. The molecule has 0 spiro atoms. The van der Waals surface area contributed by atoms with Gasteiger partial charge in [-0.25, -0.2) is 4.98 Å². The van der Waals surface area contributed by atoms with Gasteiger partial charge in [0, 0.05) is 51.9 Å². The van der Waals surface area contributed by atoms with Crippen LogP contribution in [0.4, 0.5) is 5.82 Å². The second-order valence-corrected chi connectivity index (χ2v) is 6.53. The third-order valence-electron chi connectivity index (χ3n) is 4.61. The molecule has 1 amide bonds. The van der Waals surface area contributed by atoms with Gasteiger partial charge in [0.2, 0.25) is 5.91 Å². The number of piperazine rings is 1. The Morgan fingerprint density at radius 3 is 2.52 bits per heavy atom. The smallest absolute Gasteiger partial charge is 0.221 e. The Morgan fingerprint density at radius 1 is 1.08 bits per heavy atom. The minimum atomic E-state index is 0.118. The monoisotopic (exact) mass is 338 g/mol. The van der Waals surface area contributed by atoms with Crippen molar-refractivity contribution < 1.29 is 4.79 Å². The molecule has 0 atom stereocenters. The van der Waals surface area contributed by atoms with E-state index >= 15 is 0 Å². The fourth-order valence-electron chi connectivity index (χ4n) is 3.00. The zero-order valence-electron chi connectivity index (χ0n) is 14.8. The first kappa shape index (κ1) is 17.4. The van der Waals surface area contributed by atoms with Gasteiger partial charge in [0.25, 0.3) is 0 Å². The summed E-state index contributed by atoms with van der Waals surface area (Å²) in [4.78, 5) is 21.1. The predicted octanol–water partition coefficient (Wildman–Crippen LogP) is 2.22. The number of aryl methyl sites for hydroxylation is 1. The molecule has 132 valence electrons. The van der Waals surface area contributed by atoms with Crippen molar-refractivity contribution in [1.82, 2.24) is 15.2 Å². The molecular formula is C20H26N4O. The standard InChI is InChI=1S/C20H26N4O/c1-17-5-7-18(8-6-17)16-22-20(25)9-11-23-12-14-24(15-13-23)19-4-2-3-10-21-19/h2-8,10H,9,11-16H2,1H3,(H,22,25). The third kappa shape index (κ3) is 5.29. The van der Waals surface area contributed by atoms with Gasteiger partial charge in [0.1, 0.15) is 5.82 Å². The highest BCUT2D eigenvalue weighted by molar-refractivity contribution is 5.76. The minimum absolute atomic E-state index is 0.118. The summed E-state index contributed by atoms with van der Waals surface area (Å²) in [6, 6.07) is 14.3. The van der Waals surface area contributed by atoms with E-state index in [1.807, 2.05) is 24.4 Å². The number of benzene rings is 1. The number of rotatable bonds is 6. The highest BCUT2D eigenvalue weighted by Crippen LogP contribution is 2.12. The first-order chi connectivity index (χ1) is 12.2. The lowest BCUT2D eigenvalue weighted by Crippen LogP contribution is -2.47. The fraction of sp³-hybridized carbons (Fsp3) is 0.400. The molecule has 1 aromatic carbocycles. The summed E-state index contributed by atoms with van der Waals surface area (Å²) in [5, 5.41) is 3.01. The molecule has 0 aliphatic carbocycles. The Hall–Kier alpha value is -2.40. The summed E-state index contributed by atoms with van der Waals surface area (Å²) >= 11 is 0. The minimum Gasteiger partial charge on any atom is -0.354 e. The number of hydrogen-bond donors (Lipinski definition) is 1. The van der Waals surface area contributed by atoms with Crippen LogP contribution < -0.4 is 10.2 Å². The molecule has 5 heteroatoms. The third-order valence-corrected chi connectivity index (χ3v) is 4.61. The van der Waals surface area contributed by atoms with Gasteiger partial charge in [-0.2, -0.15) is 0 Å². The fourth-order valence-corrected chi connectivity index (χ4v) is 3.00. The zero-order valence-corrected chi connectivity index (χ0v) is 14.8. The normalized spacial score (nSPS) is 15.2. The van der Waals surface area contributed by atoms with Crippen molar-refractivity contribution in [1.29, 1.82) is 0 Å². The second kappa shape index (κ2) is 8.62. The van der Waals surface area contributed by atoms with E-state index in [-0.39, 0.29) is 5.91 Å². The summed E-state index contributed by atoms with van der Waals surface area (Å²) in [5.41, 5.74) is 2.38. The van der Waals surface area contributed by atoms with Gasteiger partial charge in [-0.3, -0.25) is 9.69 Å². The number of aromatic nitrogens is 1. The Kier molecular flexibility index (Phi) is 6.01. The summed E-state index contributed by atoms with van der Waals surface area (Å²) in [5.74, 6) is 1.16. The predicted molar refractivity (Wildman–Crippen MR) is 101 cm³/mol. The molecule has 2 aromatic rings. The van der Waals surface area contributed by atoms with Crippen molar-refractivity contribution in [2.75, 3.05) is 37.6 Å². The number of nitrogens with one attached hydrogen (secondary N) is 1. The van der Waals surface area contributed by atoms with E-state index in [0.29, 0.717) is 13.0 Å². The number of amides is 1. The molecule has 0 saturated carbocycles. The Balaban J connectivity index is 1.35. The van der Waals surface area contributed by atoms with Gasteiger partial charge >= 0.3 is 0 Å². The van der Waals surface area contributed by atoms with E-state index in [9.17, 15) is 4.79 Å². The lowest BCUT2D eigenvalue weighted by atomic mass is 10.1. The molecular weight excluding hydrogens is 312 g/mol. The van der Waals surface area contributed by atoms with Crippen LogP contribution in [0.1, 0.15) is 17.5 Å². The molecule has 0 unspecified atom stereocenters. The maximum Gasteiger partial charge on any atom is 0.221 e. The molecule has 1 aliphatic heterocycles. The number of pyridine rings is 1. The highest BCUT2D eigenvalue weighted by Gasteiger charge is 2.18. The molecule has 0 bridgehead atoms. The molecule has 5 nitrogen and oxygen atoms in total. The maximum atomic E-state index is 12.1. The van der Waals surface area contributed by atoms with Crippen molar-refractivity contribution in [3.8, 4) is 0 Å². The number of carbonyl (C=O) groups excluding carboxylic acids is 1. The highest BCUT2D eigenvalue weighted by atomic mass is 16.1. The van der Waals surface area contributed by atoms with Gasteiger partial charge in [-0.15, -0.1) is 0 Å². The van der Waals surface area contributed by atoms with Gasteiger partial charge in [0.15, 0.2) is 0 Å². The zero-order chi connectivity index (χ0) is 17.5. The van der Waals surface area contributed by atoms with Crippen molar-refractivity contribution in [3.63, 3.8) is 0 Å². The summed E-state index contributed by atoms with van der Waals surface area (Å²) in [7, 11) is 0. The van der Waals surface area contributed by atoms with Crippen LogP contribution in [-0.2, 0) is 11.3 Å². The Bertz CT molecular complexity index is 664. The van der Waals surface area contributed by atoms with E-state index in [1.54, 1.807) is 0 Å². The molecule has 1 aliphatic rings. The molecule has 2 heterocycles.